The van der Waals surface area contributed by atoms with E-state index in [1.165, 1.54) is 11.8 Å². The molecule has 0 fully saturated rings. The van der Waals surface area contributed by atoms with Crippen molar-refractivity contribution in [3.63, 3.8) is 0 Å². The molecule has 5 nitrogen and oxygen atoms in total. The van der Waals surface area contributed by atoms with Gasteiger partial charge in [0.1, 0.15) is 0 Å². The number of ether oxygens (including phenoxy) is 1. The summed E-state index contributed by atoms with van der Waals surface area (Å²) in [5.74, 6) is 0.570. The Hall–Kier alpha value is -1.74. The number of aromatic nitrogens is 1. The first kappa shape index (κ1) is 12.3. The van der Waals surface area contributed by atoms with Gasteiger partial charge < -0.3 is 4.74 Å². The molecule has 0 saturated heterocycles. The molecule has 1 rings (SSSR count). The quantitative estimate of drug-likeness (QED) is 0.375. The average Bonchev–Trinajstić information content (AvgIpc) is 2.31. The highest BCUT2D eigenvalue weighted by Gasteiger charge is 1.98. The standard InChI is InChI=1S/C10H12N4OS/c1-3-15-9-5-4-8(6-12-9)14-10(16-2)13-7-11/h4-6H,3H2,1-2H3,(H,13,14). The molecule has 1 heterocycles. The topological polar surface area (TPSA) is 70.3 Å². The first-order valence-corrected chi connectivity index (χ1v) is 5.89. The van der Waals surface area contributed by atoms with E-state index in [0.717, 1.165) is 0 Å². The average molecular weight is 236 g/mol. The molecule has 0 unspecified atom stereocenters. The molecule has 0 radical (unpaired) electrons. The predicted octanol–water partition coefficient (Wildman–Crippen LogP) is 1.90. The van der Waals surface area contributed by atoms with Crippen molar-refractivity contribution in [2.45, 2.75) is 6.92 Å². The van der Waals surface area contributed by atoms with Crippen LogP contribution in [0.3, 0.4) is 0 Å². The maximum atomic E-state index is 8.47. The van der Waals surface area contributed by atoms with E-state index in [9.17, 15) is 0 Å². The first-order chi connectivity index (χ1) is 7.80. The molecular weight excluding hydrogens is 224 g/mol. The molecule has 1 aromatic rings. The third kappa shape index (κ3) is 3.79. The molecule has 1 N–H and O–H groups in total. The van der Waals surface area contributed by atoms with Gasteiger partial charge in [-0.15, -0.1) is 0 Å². The van der Waals surface area contributed by atoms with Gasteiger partial charge in [-0.3, -0.25) is 5.32 Å². The van der Waals surface area contributed by atoms with Gasteiger partial charge in [-0.2, -0.15) is 5.26 Å². The molecular formula is C10H12N4OS. The number of hydrogen-bond donors (Lipinski definition) is 1. The second-order valence-corrected chi connectivity index (χ2v) is 3.44. The summed E-state index contributed by atoms with van der Waals surface area (Å²) >= 11 is 1.36. The summed E-state index contributed by atoms with van der Waals surface area (Å²) in [5, 5.41) is 11.5. The van der Waals surface area contributed by atoms with Gasteiger partial charge in [0.25, 0.3) is 0 Å². The second-order valence-electron chi connectivity index (χ2n) is 2.65. The van der Waals surface area contributed by atoms with Crippen molar-refractivity contribution in [3.8, 4) is 12.1 Å². The molecule has 0 aliphatic carbocycles. The molecule has 0 amide bonds. The second kappa shape index (κ2) is 6.69. The third-order valence-corrected chi connectivity index (χ3v) is 2.18. The van der Waals surface area contributed by atoms with Crippen LogP contribution < -0.4 is 10.1 Å². The number of hydrogen-bond acceptors (Lipinski definition) is 5. The first-order valence-electron chi connectivity index (χ1n) is 4.66. The van der Waals surface area contributed by atoms with Gasteiger partial charge in [-0.05, 0) is 19.2 Å². The monoisotopic (exact) mass is 236 g/mol. The lowest BCUT2D eigenvalue weighted by Crippen LogP contribution is -2.12. The van der Waals surface area contributed by atoms with Gasteiger partial charge in [0.15, 0.2) is 11.4 Å². The number of pyridine rings is 1. The van der Waals surface area contributed by atoms with Gasteiger partial charge in [0.05, 0.1) is 18.5 Å². The maximum absolute atomic E-state index is 8.47. The van der Waals surface area contributed by atoms with Crippen LogP contribution in [0.2, 0.25) is 0 Å². The molecule has 0 aliphatic heterocycles. The van der Waals surface area contributed by atoms with Crippen molar-refractivity contribution in [2.75, 3.05) is 12.9 Å². The summed E-state index contributed by atoms with van der Waals surface area (Å²) in [4.78, 5) is 8.26. The van der Waals surface area contributed by atoms with Crippen LogP contribution in [-0.2, 0) is 0 Å². The van der Waals surface area contributed by atoms with Crippen LogP contribution in [0.15, 0.2) is 23.3 Å². The highest BCUT2D eigenvalue weighted by molar-refractivity contribution is 8.13. The molecule has 0 aromatic carbocycles. The normalized spacial score (nSPS) is 10.7. The van der Waals surface area contributed by atoms with E-state index in [-0.39, 0.29) is 0 Å². The van der Waals surface area contributed by atoms with Crippen LogP contribution in [0.5, 0.6) is 5.88 Å². The third-order valence-electron chi connectivity index (χ3n) is 1.60. The number of aliphatic imine (C=N–C) groups is 1. The Balaban J connectivity index is 2.77. The summed E-state index contributed by atoms with van der Waals surface area (Å²) in [6.07, 6.45) is 5.26. The number of amidine groups is 1. The molecule has 0 bridgehead atoms. The van der Waals surface area contributed by atoms with Crippen LogP contribution in [-0.4, -0.2) is 23.0 Å². The Morgan fingerprint density at radius 3 is 3.00 bits per heavy atom. The zero-order valence-electron chi connectivity index (χ0n) is 9.10. The maximum Gasteiger partial charge on any atom is 0.213 e. The van der Waals surface area contributed by atoms with Gasteiger partial charge in [-0.25, -0.2) is 9.98 Å². The zero-order chi connectivity index (χ0) is 11.8. The summed E-state index contributed by atoms with van der Waals surface area (Å²) < 4.78 is 5.21. The van der Waals surface area contributed by atoms with E-state index in [0.29, 0.717) is 23.3 Å². The SMILES string of the molecule is CCOc1ccc(N=C(NC#N)SC)cn1. The van der Waals surface area contributed by atoms with Crippen LogP contribution in [0, 0.1) is 11.5 Å². The molecule has 0 saturated carbocycles. The summed E-state index contributed by atoms with van der Waals surface area (Å²) in [7, 11) is 0. The number of nitrogens with one attached hydrogen (secondary N) is 1. The van der Waals surface area contributed by atoms with E-state index in [1.54, 1.807) is 18.3 Å². The minimum absolute atomic E-state index is 0.536. The van der Waals surface area contributed by atoms with Crippen LogP contribution in [0.4, 0.5) is 5.69 Å². The van der Waals surface area contributed by atoms with Crippen molar-refractivity contribution in [1.29, 1.82) is 5.26 Å². The molecule has 84 valence electrons. The Bertz CT molecular complexity index is 396. The van der Waals surface area contributed by atoms with E-state index in [2.05, 4.69) is 15.3 Å². The number of nitriles is 1. The zero-order valence-corrected chi connectivity index (χ0v) is 9.91. The molecule has 6 heteroatoms. The van der Waals surface area contributed by atoms with Crippen LogP contribution >= 0.6 is 11.8 Å². The van der Waals surface area contributed by atoms with E-state index >= 15 is 0 Å². The summed E-state index contributed by atoms with van der Waals surface area (Å²) in [5.41, 5.74) is 0.676. The smallest absolute Gasteiger partial charge is 0.213 e. The Kier molecular flexibility index (Phi) is 5.16. The predicted molar refractivity (Wildman–Crippen MR) is 64.8 cm³/mol. The summed E-state index contributed by atoms with van der Waals surface area (Å²) in [6, 6.07) is 3.53. The lowest BCUT2D eigenvalue weighted by molar-refractivity contribution is 0.327. The Labute approximate surface area is 98.6 Å². The van der Waals surface area contributed by atoms with Crippen LogP contribution in [0.1, 0.15) is 6.92 Å². The van der Waals surface area contributed by atoms with Crippen LogP contribution in [0.25, 0.3) is 0 Å². The molecule has 16 heavy (non-hydrogen) atoms. The lowest BCUT2D eigenvalue weighted by atomic mass is 10.4. The van der Waals surface area contributed by atoms with Gasteiger partial charge in [0, 0.05) is 6.07 Å². The van der Waals surface area contributed by atoms with Gasteiger partial charge in [0.2, 0.25) is 5.88 Å². The molecule has 0 atom stereocenters. The van der Waals surface area contributed by atoms with Gasteiger partial charge >= 0.3 is 0 Å². The highest BCUT2D eigenvalue weighted by Crippen LogP contribution is 2.15. The van der Waals surface area contributed by atoms with E-state index < -0.39 is 0 Å². The fourth-order valence-electron chi connectivity index (χ4n) is 0.962. The minimum atomic E-state index is 0.536. The number of rotatable bonds is 3. The Morgan fingerprint density at radius 2 is 2.50 bits per heavy atom. The number of thioether (sulfide) groups is 1. The molecule has 0 spiro atoms. The van der Waals surface area contributed by atoms with Crippen molar-refractivity contribution >= 4 is 22.6 Å². The Morgan fingerprint density at radius 1 is 1.69 bits per heavy atom. The lowest BCUT2D eigenvalue weighted by Gasteiger charge is -2.02. The summed E-state index contributed by atoms with van der Waals surface area (Å²) in [6.45, 7) is 2.48. The molecule has 1 aromatic heterocycles. The number of nitrogens with zero attached hydrogens (tertiary/aromatic N) is 3. The van der Waals surface area contributed by atoms with Crippen molar-refractivity contribution in [3.05, 3.63) is 18.3 Å². The largest absolute Gasteiger partial charge is 0.478 e. The van der Waals surface area contributed by atoms with Crippen molar-refractivity contribution in [2.24, 2.45) is 4.99 Å². The fraction of sp³-hybridized carbons (Fsp3) is 0.300. The van der Waals surface area contributed by atoms with Gasteiger partial charge in [-0.1, -0.05) is 11.8 Å². The minimum Gasteiger partial charge on any atom is -0.478 e. The highest BCUT2D eigenvalue weighted by atomic mass is 32.2. The van der Waals surface area contributed by atoms with E-state index in [4.69, 9.17) is 10.00 Å². The molecule has 0 aliphatic rings. The van der Waals surface area contributed by atoms with E-state index in [1.807, 2.05) is 19.4 Å². The van der Waals surface area contributed by atoms with Crippen molar-refractivity contribution < 1.29 is 4.74 Å². The fourth-order valence-corrected chi connectivity index (χ4v) is 1.31. The van der Waals surface area contributed by atoms with Crippen molar-refractivity contribution in [1.82, 2.24) is 10.3 Å².